The van der Waals surface area contributed by atoms with Crippen LogP contribution in [0.25, 0.3) is 0 Å². The second-order valence-electron chi connectivity index (χ2n) is 5.64. The molecule has 7 heteroatoms. The SMILES string of the molecule is O=S(=O)(c1ccccc1NCC1NCCc2ccccc21)C(F)F. The minimum absolute atomic E-state index is 0.00254. The number of fused-ring (bicyclic) bond motifs is 1. The van der Waals surface area contributed by atoms with Crippen molar-refractivity contribution in [3.8, 4) is 0 Å². The third-order valence-corrected chi connectivity index (χ3v) is 5.58. The van der Waals surface area contributed by atoms with E-state index in [9.17, 15) is 17.2 Å². The Balaban J connectivity index is 1.82. The first-order valence-electron chi connectivity index (χ1n) is 7.66. The van der Waals surface area contributed by atoms with Gasteiger partial charge in [0.2, 0.25) is 9.84 Å². The van der Waals surface area contributed by atoms with Gasteiger partial charge in [0.1, 0.15) is 0 Å². The molecule has 128 valence electrons. The number of nitrogens with one attached hydrogen (secondary N) is 2. The van der Waals surface area contributed by atoms with E-state index < -0.39 is 15.6 Å². The van der Waals surface area contributed by atoms with Crippen LogP contribution in [-0.4, -0.2) is 27.3 Å². The maximum atomic E-state index is 12.8. The van der Waals surface area contributed by atoms with E-state index in [-0.39, 0.29) is 16.6 Å². The number of benzene rings is 2. The second-order valence-corrected chi connectivity index (χ2v) is 7.52. The molecule has 0 saturated heterocycles. The van der Waals surface area contributed by atoms with Gasteiger partial charge in [-0.2, -0.15) is 8.78 Å². The van der Waals surface area contributed by atoms with E-state index in [4.69, 9.17) is 0 Å². The first kappa shape index (κ1) is 16.9. The lowest BCUT2D eigenvalue weighted by Crippen LogP contribution is -2.34. The summed E-state index contributed by atoms with van der Waals surface area (Å²) in [6.45, 7) is 1.23. The van der Waals surface area contributed by atoms with Crippen LogP contribution in [-0.2, 0) is 16.3 Å². The Labute approximate surface area is 139 Å². The summed E-state index contributed by atoms with van der Waals surface area (Å²) in [6, 6.07) is 13.8. The van der Waals surface area contributed by atoms with E-state index >= 15 is 0 Å². The molecule has 2 N–H and O–H groups in total. The molecule has 1 unspecified atom stereocenters. The molecule has 1 heterocycles. The highest BCUT2D eigenvalue weighted by Gasteiger charge is 2.29. The molecule has 0 amide bonds. The molecule has 2 aromatic rings. The highest BCUT2D eigenvalue weighted by molar-refractivity contribution is 7.91. The zero-order chi connectivity index (χ0) is 17.2. The largest absolute Gasteiger partial charge is 0.382 e. The molecule has 0 saturated carbocycles. The van der Waals surface area contributed by atoms with Gasteiger partial charge in [0, 0.05) is 12.6 Å². The molecule has 3 rings (SSSR count). The lowest BCUT2D eigenvalue weighted by molar-refractivity contribution is 0.235. The van der Waals surface area contributed by atoms with Crippen molar-refractivity contribution < 1.29 is 17.2 Å². The molecular weight excluding hydrogens is 334 g/mol. The quantitative estimate of drug-likeness (QED) is 0.869. The Morgan fingerprint density at radius 3 is 2.62 bits per heavy atom. The molecular formula is C17H18F2N2O2S. The number of hydrogen-bond acceptors (Lipinski definition) is 4. The van der Waals surface area contributed by atoms with Crippen LogP contribution in [0, 0.1) is 0 Å². The molecule has 2 aromatic carbocycles. The van der Waals surface area contributed by atoms with Gasteiger partial charge in [-0.05, 0) is 36.2 Å². The summed E-state index contributed by atoms with van der Waals surface area (Å²) in [4.78, 5) is -0.371. The molecule has 4 nitrogen and oxygen atoms in total. The molecule has 0 aromatic heterocycles. The maximum absolute atomic E-state index is 12.8. The lowest BCUT2D eigenvalue weighted by atomic mass is 9.94. The molecule has 1 atom stereocenters. The van der Waals surface area contributed by atoms with Gasteiger partial charge in [-0.25, -0.2) is 8.42 Å². The molecule has 0 bridgehead atoms. The summed E-state index contributed by atoms with van der Waals surface area (Å²) in [5.41, 5.74) is 2.59. The summed E-state index contributed by atoms with van der Waals surface area (Å²) in [5.74, 6) is -3.44. The normalized spacial score (nSPS) is 17.5. The number of hydrogen-bond donors (Lipinski definition) is 2. The van der Waals surface area contributed by atoms with Crippen LogP contribution in [0.1, 0.15) is 17.2 Å². The molecule has 0 spiro atoms. The van der Waals surface area contributed by atoms with Crippen molar-refractivity contribution in [2.24, 2.45) is 0 Å². The van der Waals surface area contributed by atoms with Gasteiger partial charge in [-0.3, -0.25) is 0 Å². The monoisotopic (exact) mass is 352 g/mol. The minimum atomic E-state index is -4.64. The standard InChI is InChI=1S/C17H18F2N2O2S/c18-17(19)24(22,23)16-8-4-3-7-14(16)21-11-15-13-6-2-1-5-12(13)9-10-20-15/h1-8,15,17,20-21H,9-11H2. The van der Waals surface area contributed by atoms with Gasteiger partial charge >= 0.3 is 5.76 Å². The Morgan fingerprint density at radius 2 is 1.83 bits per heavy atom. The van der Waals surface area contributed by atoms with Crippen LogP contribution >= 0.6 is 0 Å². The number of anilines is 1. The zero-order valence-corrected chi connectivity index (χ0v) is 13.7. The predicted octanol–water partition coefficient (Wildman–Crippen LogP) is 2.98. The van der Waals surface area contributed by atoms with Crippen LogP contribution in [0.2, 0.25) is 0 Å². The molecule has 24 heavy (non-hydrogen) atoms. The smallest absolute Gasteiger partial charge is 0.341 e. The van der Waals surface area contributed by atoms with Gasteiger partial charge in [-0.15, -0.1) is 0 Å². The van der Waals surface area contributed by atoms with E-state index in [1.54, 1.807) is 6.07 Å². The number of alkyl halides is 2. The molecule has 1 aliphatic rings. The Bertz CT molecular complexity index is 825. The number of rotatable bonds is 5. The summed E-state index contributed by atoms with van der Waals surface area (Å²) in [6.07, 6.45) is 0.934. The first-order valence-corrected chi connectivity index (χ1v) is 9.21. The van der Waals surface area contributed by atoms with E-state index in [1.165, 1.54) is 23.8 Å². The lowest BCUT2D eigenvalue weighted by Gasteiger charge is -2.27. The van der Waals surface area contributed by atoms with E-state index in [0.29, 0.717) is 6.54 Å². The third kappa shape index (κ3) is 3.27. The second kappa shape index (κ2) is 6.86. The molecule has 0 fully saturated rings. The van der Waals surface area contributed by atoms with Gasteiger partial charge in [-0.1, -0.05) is 36.4 Å². The molecule has 0 radical (unpaired) electrons. The summed E-state index contributed by atoms with van der Waals surface area (Å²) >= 11 is 0. The summed E-state index contributed by atoms with van der Waals surface area (Å²) in [7, 11) is -4.64. The fourth-order valence-corrected chi connectivity index (χ4v) is 3.85. The highest BCUT2D eigenvalue weighted by atomic mass is 32.2. The Hall–Kier alpha value is -1.99. The van der Waals surface area contributed by atoms with E-state index in [0.717, 1.165) is 18.5 Å². The molecule has 0 aliphatic carbocycles. The van der Waals surface area contributed by atoms with Crippen LogP contribution < -0.4 is 10.6 Å². The van der Waals surface area contributed by atoms with Crippen molar-refractivity contribution in [2.45, 2.75) is 23.1 Å². The maximum Gasteiger partial charge on any atom is 0.341 e. The topological polar surface area (TPSA) is 58.2 Å². The van der Waals surface area contributed by atoms with E-state index in [1.807, 2.05) is 18.2 Å². The van der Waals surface area contributed by atoms with Crippen LogP contribution in [0.5, 0.6) is 0 Å². The number of para-hydroxylation sites is 1. The van der Waals surface area contributed by atoms with Crippen molar-refractivity contribution in [3.05, 3.63) is 59.7 Å². The average Bonchev–Trinajstić information content (AvgIpc) is 2.60. The van der Waals surface area contributed by atoms with Crippen molar-refractivity contribution in [2.75, 3.05) is 18.4 Å². The van der Waals surface area contributed by atoms with Crippen molar-refractivity contribution >= 4 is 15.5 Å². The van der Waals surface area contributed by atoms with Crippen molar-refractivity contribution in [1.82, 2.24) is 5.32 Å². The first-order chi connectivity index (χ1) is 11.5. The third-order valence-electron chi connectivity index (χ3n) is 4.14. The van der Waals surface area contributed by atoms with Crippen LogP contribution in [0.3, 0.4) is 0 Å². The summed E-state index contributed by atoms with van der Waals surface area (Å²) < 4.78 is 49.3. The zero-order valence-electron chi connectivity index (χ0n) is 12.9. The Morgan fingerprint density at radius 1 is 1.12 bits per heavy atom. The number of sulfone groups is 1. The minimum Gasteiger partial charge on any atom is -0.382 e. The van der Waals surface area contributed by atoms with Gasteiger partial charge in [0.25, 0.3) is 0 Å². The van der Waals surface area contributed by atoms with Crippen molar-refractivity contribution in [3.63, 3.8) is 0 Å². The van der Waals surface area contributed by atoms with Gasteiger partial charge < -0.3 is 10.6 Å². The Kier molecular flexibility index (Phi) is 4.82. The summed E-state index contributed by atoms with van der Waals surface area (Å²) in [5, 5.41) is 6.38. The molecule has 1 aliphatic heterocycles. The van der Waals surface area contributed by atoms with Gasteiger partial charge in [0.15, 0.2) is 0 Å². The fraction of sp³-hybridized carbons (Fsp3) is 0.294. The van der Waals surface area contributed by atoms with E-state index in [2.05, 4.69) is 16.7 Å². The average molecular weight is 352 g/mol. The number of halogens is 2. The van der Waals surface area contributed by atoms with Crippen LogP contribution in [0.4, 0.5) is 14.5 Å². The highest BCUT2D eigenvalue weighted by Crippen LogP contribution is 2.28. The van der Waals surface area contributed by atoms with Crippen LogP contribution in [0.15, 0.2) is 53.4 Å². The fourth-order valence-electron chi connectivity index (χ4n) is 2.94. The van der Waals surface area contributed by atoms with Gasteiger partial charge in [0.05, 0.1) is 10.6 Å². The predicted molar refractivity (Wildman–Crippen MR) is 89.0 cm³/mol. The van der Waals surface area contributed by atoms with Crippen molar-refractivity contribution in [1.29, 1.82) is 0 Å².